The zero-order valence-electron chi connectivity index (χ0n) is 13.5. The molecule has 1 atom stereocenters. The number of nitrogens with zero attached hydrogens (tertiary/aromatic N) is 1. The molecule has 1 unspecified atom stereocenters. The van der Waals surface area contributed by atoms with Crippen molar-refractivity contribution < 1.29 is 0 Å². The molecule has 3 rings (SSSR count). The first-order valence-electron chi connectivity index (χ1n) is 8.24. The lowest BCUT2D eigenvalue weighted by Gasteiger charge is -2.37. The molecule has 0 bridgehead atoms. The molecular weight excluding hydrogens is 353 g/mol. The van der Waals surface area contributed by atoms with Gasteiger partial charge in [-0.25, -0.2) is 0 Å². The van der Waals surface area contributed by atoms with Crippen molar-refractivity contribution in [1.29, 1.82) is 0 Å². The Bertz CT molecular complexity index is 452. The van der Waals surface area contributed by atoms with Crippen LogP contribution in [0.5, 0.6) is 0 Å². The Kier molecular flexibility index (Phi) is 9.83. The maximum absolute atomic E-state index is 6.16. The number of piperazine rings is 1. The largest absolute Gasteiger partial charge is 0.317 e. The Morgan fingerprint density at radius 2 is 1.87 bits per heavy atom. The van der Waals surface area contributed by atoms with Crippen molar-refractivity contribution in [3.8, 4) is 0 Å². The summed E-state index contributed by atoms with van der Waals surface area (Å²) in [4.78, 5) is 2.64. The third-order valence-electron chi connectivity index (χ3n) is 4.87. The van der Waals surface area contributed by atoms with Gasteiger partial charge in [-0.05, 0) is 62.5 Å². The molecule has 2 saturated heterocycles. The van der Waals surface area contributed by atoms with Crippen molar-refractivity contribution in [2.45, 2.75) is 25.3 Å². The lowest BCUT2D eigenvalue weighted by molar-refractivity contribution is 0.146. The lowest BCUT2D eigenvalue weighted by atomic mass is 9.93. The number of benzene rings is 1. The third-order valence-corrected chi connectivity index (χ3v) is 5.11. The van der Waals surface area contributed by atoms with Crippen molar-refractivity contribution in [1.82, 2.24) is 15.5 Å². The van der Waals surface area contributed by atoms with Gasteiger partial charge in [-0.1, -0.05) is 23.7 Å². The van der Waals surface area contributed by atoms with Crippen LogP contribution in [0.4, 0.5) is 0 Å². The van der Waals surface area contributed by atoms with E-state index in [2.05, 4.69) is 33.7 Å². The monoisotopic (exact) mass is 379 g/mol. The lowest BCUT2D eigenvalue weighted by Crippen LogP contribution is -2.46. The van der Waals surface area contributed by atoms with E-state index in [0.717, 1.165) is 30.6 Å². The van der Waals surface area contributed by atoms with Crippen molar-refractivity contribution in [2.24, 2.45) is 5.92 Å². The maximum atomic E-state index is 6.16. The standard InChI is InChI=1S/C17H26ClN3.2ClH/c18-16-3-1-2-15(12-16)17-13-20-9-11-21(17)10-6-14-4-7-19-8-5-14;;/h1-3,12,14,17,19-20H,4-11,13H2;2*1H. The molecule has 1 aromatic carbocycles. The Morgan fingerprint density at radius 3 is 2.61 bits per heavy atom. The molecule has 2 aliphatic heterocycles. The quantitative estimate of drug-likeness (QED) is 0.837. The first kappa shape index (κ1) is 21.0. The van der Waals surface area contributed by atoms with Crippen LogP contribution in [-0.2, 0) is 0 Å². The van der Waals surface area contributed by atoms with E-state index < -0.39 is 0 Å². The third kappa shape index (κ3) is 6.08. The van der Waals surface area contributed by atoms with E-state index in [1.807, 2.05) is 6.07 Å². The van der Waals surface area contributed by atoms with Crippen molar-refractivity contribution >= 4 is 36.4 Å². The van der Waals surface area contributed by atoms with E-state index in [4.69, 9.17) is 11.6 Å². The van der Waals surface area contributed by atoms with Crippen molar-refractivity contribution in [3.63, 3.8) is 0 Å². The molecular formula is C17H28Cl3N3. The Hall–Kier alpha value is -0.0300. The van der Waals surface area contributed by atoms with Crippen LogP contribution in [0.15, 0.2) is 24.3 Å². The molecule has 0 spiro atoms. The van der Waals surface area contributed by atoms with E-state index in [-0.39, 0.29) is 24.8 Å². The minimum Gasteiger partial charge on any atom is -0.317 e. The summed E-state index contributed by atoms with van der Waals surface area (Å²) in [5, 5.41) is 7.83. The second-order valence-corrected chi connectivity index (χ2v) is 6.73. The summed E-state index contributed by atoms with van der Waals surface area (Å²) in [7, 11) is 0. The molecule has 0 aromatic heterocycles. The summed E-state index contributed by atoms with van der Waals surface area (Å²) in [6, 6.07) is 8.83. The highest BCUT2D eigenvalue weighted by Gasteiger charge is 2.24. The molecule has 6 heteroatoms. The van der Waals surface area contributed by atoms with Gasteiger partial charge in [-0.15, -0.1) is 24.8 Å². The maximum Gasteiger partial charge on any atom is 0.0473 e. The molecule has 132 valence electrons. The molecule has 0 saturated carbocycles. The molecule has 2 heterocycles. The summed E-state index contributed by atoms with van der Waals surface area (Å²) >= 11 is 6.16. The van der Waals surface area contributed by atoms with E-state index in [1.165, 1.54) is 44.5 Å². The average molecular weight is 381 g/mol. The number of piperidine rings is 1. The van der Waals surface area contributed by atoms with Crippen LogP contribution >= 0.6 is 36.4 Å². The van der Waals surface area contributed by atoms with Crippen LogP contribution < -0.4 is 10.6 Å². The van der Waals surface area contributed by atoms with Gasteiger partial charge in [0.15, 0.2) is 0 Å². The molecule has 2 N–H and O–H groups in total. The van der Waals surface area contributed by atoms with Gasteiger partial charge in [0.2, 0.25) is 0 Å². The Morgan fingerprint density at radius 1 is 1.09 bits per heavy atom. The number of rotatable bonds is 4. The molecule has 2 aliphatic rings. The van der Waals surface area contributed by atoms with Crippen LogP contribution in [0.3, 0.4) is 0 Å². The highest BCUT2D eigenvalue weighted by atomic mass is 35.5. The number of hydrogen-bond acceptors (Lipinski definition) is 3. The minimum atomic E-state index is 0. The SMILES string of the molecule is Cl.Cl.Clc1cccc(C2CNCCN2CCC2CCNCC2)c1. The van der Waals surface area contributed by atoms with E-state index >= 15 is 0 Å². The van der Waals surface area contributed by atoms with Gasteiger partial charge in [0.05, 0.1) is 0 Å². The van der Waals surface area contributed by atoms with Gasteiger partial charge in [0.1, 0.15) is 0 Å². The van der Waals surface area contributed by atoms with Gasteiger partial charge >= 0.3 is 0 Å². The summed E-state index contributed by atoms with van der Waals surface area (Å²) in [6.45, 7) is 6.88. The van der Waals surface area contributed by atoms with Gasteiger partial charge in [0, 0.05) is 30.7 Å². The Labute approximate surface area is 157 Å². The normalized spacial score (nSPS) is 22.9. The smallest absolute Gasteiger partial charge is 0.0473 e. The van der Waals surface area contributed by atoms with Crippen molar-refractivity contribution in [2.75, 3.05) is 39.3 Å². The second-order valence-electron chi connectivity index (χ2n) is 6.29. The fourth-order valence-electron chi connectivity index (χ4n) is 3.58. The highest BCUT2D eigenvalue weighted by Crippen LogP contribution is 2.26. The summed E-state index contributed by atoms with van der Waals surface area (Å²) in [5.74, 6) is 0.904. The summed E-state index contributed by atoms with van der Waals surface area (Å²) in [5.41, 5.74) is 1.35. The van der Waals surface area contributed by atoms with Crippen LogP contribution in [-0.4, -0.2) is 44.2 Å². The first-order valence-corrected chi connectivity index (χ1v) is 8.61. The number of hydrogen-bond donors (Lipinski definition) is 2. The molecule has 2 fully saturated rings. The molecule has 0 radical (unpaired) electrons. The van der Waals surface area contributed by atoms with Crippen LogP contribution in [0.25, 0.3) is 0 Å². The minimum absolute atomic E-state index is 0. The second kappa shape index (κ2) is 10.8. The van der Waals surface area contributed by atoms with Gasteiger partial charge in [-0.3, -0.25) is 4.90 Å². The molecule has 3 nitrogen and oxygen atoms in total. The molecule has 0 aliphatic carbocycles. The van der Waals surface area contributed by atoms with Crippen LogP contribution in [0.1, 0.15) is 30.9 Å². The predicted octanol–water partition coefficient (Wildman–Crippen LogP) is 3.52. The fourth-order valence-corrected chi connectivity index (χ4v) is 3.77. The molecule has 1 aromatic rings. The predicted molar refractivity (Wildman–Crippen MR) is 103 cm³/mol. The number of nitrogens with one attached hydrogen (secondary N) is 2. The highest BCUT2D eigenvalue weighted by molar-refractivity contribution is 6.30. The first-order chi connectivity index (χ1) is 10.3. The fraction of sp³-hybridized carbons (Fsp3) is 0.647. The zero-order valence-corrected chi connectivity index (χ0v) is 15.9. The van der Waals surface area contributed by atoms with Gasteiger partial charge < -0.3 is 10.6 Å². The van der Waals surface area contributed by atoms with Crippen LogP contribution in [0.2, 0.25) is 5.02 Å². The number of halogens is 3. The summed E-state index contributed by atoms with van der Waals surface area (Å²) < 4.78 is 0. The van der Waals surface area contributed by atoms with Crippen molar-refractivity contribution in [3.05, 3.63) is 34.9 Å². The molecule has 0 amide bonds. The van der Waals surface area contributed by atoms with E-state index in [0.29, 0.717) is 6.04 Å². The topological polar surface area (TPSA) is 27.3 Å². The molecule has 23 heavy (non-hydrogen) atoms. The van der Waals surface area contributed by atoms with Crippen LogP contribution in [0, 0.1) is 5.92 Å². The van der Waals surface area contributed by atoms with Gasteiger partial charge in [-0.2, -0.15) is 0 Å². The average Bonchev–Trinajstić information content (AvgIpc) is 2.54. The zero-order chi connectivity index (χ0) is 14.5. The van der Waals surface area contributed by atoms with Gasteiger partial charge in [0.25, 0.3) is 0 Å². The summed E-state index contributed by atoms with van der Waals surface area (Å²) in [6.07, 6.45) is 4.01. The van der Waals surface area contributed by atoms with E-state index in [9.17, 15) is 0 Å². The van der Waals surface area contributed by atoms with E-state index in [1.54, 1.807) is 0 Å². The Balaban J connectivity index is 0.00000132.